The molecule has 1 aliphatic heterocycles. The third kappa shape index (κ3) is 4.99. The third-order valence-electron chi connectivity index (χ3n) is 6.36. The average Bonchev–Trinajstić information content (AvgIpc) is 3.39. The summed E-state index contributed by atoms with van der Waals surface area (Å²) in [6.07, 6.45) is 0. The number of carbonyl (C=O) groups is 1. The summed E-state index contributed by atoms with van der Waals surface area (Å²) < 4.78 is 6.89. The molecule has 37 heavy (non-hydrogen) atoms. The molecule has 0 N–H and O–H groups in total. The van der Waals surface area contributed by atoms with Crippen molar-refractivity contribution in [2.24, 2.45) is 0 Å². The number of benzene rings is 3. The predicted octanol–water partition coefficient (Wildman–Crippen LogP) is 5.07. The van der Waals surface area contributed by atoms with E-state index in [2.05, 4.69) is 4.90 Å². The number of ether oxygens (including phenoxy) is 1. The Balaban J connectivity index is 1.46. The topological polar surface area (TPSA) is 93.7 Å². The summed E-state index contributed by atoms with van der Waals surface area (Å²) in [7, 11) is 1.59. The molecule has 2 heterocycles. The van der Waals surface area contributed by atoms with Crippen LogP contribution < -0.4 is 9.64 Å². The van der Waals surface area contributed by atoms with E-state index in [1.807, 2.05) is 48.5 Å². The van der Waals surface area contributed by atoms with E-state index < -0.39 is 4.92 Å². The van der Waals surface area contributed by atoms with Crippen molar-refractivity contribution >= 4 is 28.9 Å². The minimum Gasteiger partial charge on any atom is -0.497 e. The van der Waals surface area contributed by atoms with Crippen LogP contribution in [0.2, 0.25) is 5.02 Å². The van der Waals surface area contributed by atoms with Gasteiger partial charge in [0.2, 0.25) is 0 Å². The second-order valence-corrected chi connectivity index (χ2v) is 8.97. The van der Waals surface area contributed by atoms with Gasteiger partial charge in [0.05, 0.1) is 34.1 Å². The van der Waals surface area contributed by atoms with Crippen LogP contribution in [-0.2, 0) is 0 Å². The lowest BCUT2D eigenvalue weighted by Crippen LogP contribution is -2.49. The number of halogens is 1. The molecule has 1 aliphatic rings. The van der Waals surface area contributed by atoms with Gasteiger partial charge in [-0.3, -0.25) is 14.9 Å². The van der Waals surface area contributed by atoms with Crippen molar-refractivity contribution in [1.29, 1.82) is 0 Å². The molecule has 5 rings (SSSR count). The molecule has 0 unspecified atom stereocenters. The van der Waals surface area contributed by atoms with Gasteiger partial charge in [0.15, 0.2) is 0 Å². The van der Waals surface area contributed by atoms with Crippen molar-refractivity contribution < 1.29 is 14.5 Å². The number of piperazine rings is 1. The molecule has 1 aromatic heterocycles. The fourth-order valence-corrected chi connectivity index (χ4v) is 4.65. The molecular formula is C27H24ClN5O4. The smallest absolute Gasteiger partial charge is 0.272 e. The van der Waals surface area contributed by atoms with E-state index in [0.717, 1.165) is 11.3 Å². The Kier molecular flexibility index (Phi) is 6.78. The molecule has 9 nitrogen and oxygen atoms in total. The molecule has 0 spiro atoms. The summed E-state index contributed by atoms with van der Waals surface area (Å²) in [5.41, 5.74) is 3.23. The predicted molar refractivity (Wildman–Crippen MR) is 142 cm³/mol. The Bertz CT molecular complexity index is 1450. The highest BCUT2D eigenvalue weighted by molar-refractivity contribution is 6.33. The molecule has 0 radical (unpaired) electrons. The molecule has 1 fully saturated rings. The van der Waals surface area contributed by atoms with Crippen molar-refractivity contribution in [1.82, 2.24) is 14.7 Å². The van der Waals surface area contributed by atoms with Crippen molar-refractivity contribution in [3.8, 4) is 22.7 Å². The van der Waals surface area contributed by atoms with E-state index >= 15 is 0 Å². The highest BCUT2D eigenvalue weighted by Gasteiger charge is 2.27. The van der Waals surface area contributed by atoms with E-state index in [9.17, 15) is 14.9 Å². The summed E-state index contributed by atoms with van der Waals surface area (Å²) in [5, 5.41) is 16.5. The van der Waals surface area contributed by atoms with Crippen LogP contribution in [0.1, 0.15) is 10.5 Å². The lowest BCUT2D eigenvalue weighted by molar-refractivity contribution is -0.384. The number of nitro benzene ring substituents is 1. The van der Waals surface area contributed by atoms with Crippen LogP contribution in [0.4, 0.5) is 11.4 Å². The molecule has 1 amide bonds. The van der Waals surface area contributed by atoms with E-state index in [1.54, 1.807) is 34.9 Å². The number of hydrogen-bond acceptors (Lipinski definition) is 6. The zero-order valence-corrected chi connectivity index (χ0v) is 20.8. The molecular weight excluding hydrogens is 494 g/mol. The SMILES string of the molecule is COc1cccc(-c2cc(C(=O)N3CCN(c4ccccc4Cl)CC3)n(-c3ccc([N+](=O)[O-])cc3)n2)c1. The van der Waals surface area contributed by atoms with Crippen LogP contribution in [0.15, 0.2) is 78.9 Å². The molecule has 0 aliphatic carbocycles. The summed E-state index contributed by atoms with van der Waals surface area (Å²) in [6.45, 7) is 2.32. The Morgan fingerprint density at radius 3 is 2.38 bits per heavy atom. The first-order chi connectivity index (χ1) is 17.9. The maximum atomic E-state index is 13.7. The van der Waals surface area contributed by atoms with Gasteiger partial charge in [-0.1, -0.05) is 35.9 Å². The minimum atomic E-state index is -0.459. The Morgan fingerprint density at radius 2 is 1.70 bits per heavy atom. The number of amides is 1. The second kappa shape index (κ2) is 10.3. The summed E-state index contributed by atoms with van der Waals surface area (Å²) in [6, 6.07) is 22.8. The molecule has 0 saturated carbocycles. The number of non-ortho nitro benzene ring substituents is 1. The average molecular weight is 518 g/mol. The van der Waals surface area contributed by atoms with Crippen molar-refractivity contribution in [3.63, 3.8) is 0 Å². The molecule has 3 aromatic carbocycles. The third-order valence-corrected chi connectivity index (χ3v) is 6.68. The van der Waals surface area contributed by atoms with Gasteiger partial charge in [0, 0.05) is 43.9 Å². The molecule has 4 aromatic rings. The number of rotatable bonds is 6. The normalized spacial score (nSPS) is 13.5. The van der Waals surface area contributed by atoms with Crippen LogP contribution in [0, 0.1) is 10.1 Å². The first kappa shape index (κ1) is 24.3. The van der Waals surface area contributed by atoms with Crippen LogP contribution in [0.25, 0.3) is 16.9 Å². The summed E-state index contributed by atoms with van der Waals surface area (Å²) in [4.78, 5) is 28.4. The lowest BCUT2D eigenvalue weighted by Gasteiger charge is -2.36. The Hall–Kier alpha value is -4.37. The number of aromatic nitrogens is 2. The Morgan fingerprint density at radius 1 is 0.973 bits per heavy atom. The second-order valence-electron chi connectivity index (χ2n) is 8.56. The van der Waals surface area contributed by atoms with Crippen LogP contribution in [-0.4, -0.2) is 58.8 Å². The Labute approximate surface area is 218 Å². The fraction of sp³-hybridized carbons (Fsp3) is 0.185. The maximum absolute atomic E-state index is 13.7. The standard InChI is InChI=1S/C27H24ClN5O4/c1-37-22-6-4-5-19(17-22)24-18-26(32(29-24)20-9-11-21(12-10-20)33(35)36)27(34)31-15-13-30(14-16-31)25-8-3-2-7-23(25)28/h2-12,17-18H,13-16H2,1H3. The van der Waals surface area contributed by atoms with Crippen molar-refractivity contribution in [2.45, 2.75) is 0 Å². The van der Waals surface area contributed by atoms with Gasteiger partial charge >= 0.3 is 0 Å². The number of anilines is 1. The van der Waals surface area contributed by atoms with Crippen LogP contribution in [0.3, 0.4) is 0 Å². The molecule has 0 atom stereocenters. The molecule has 0 bridgehead atoms. The van der Waals surface area contributed by atoms with Gasteiger partial charge in [-0.05, 0) is 42.5 Å². The largest absolute Gasteiger partial charge is 0.497 e. The highest BCUT2D eigenvalue weighted by atomic mass is 35.5. The van der Waals surface area contributed by atoms with E-state index in [0.29, 0.717) is 54.0 Å². The van der Waals surface area contributed by atoms with Crippen molar-refractivity contribution in [3.05, 3.63) is 99.7 Å². The van der Waals surface area contributed by atoms with Gasteiger partial charge in [0.1, 0.15) is 11.4 Å². The molecule has 1 saturated heterocycles. The quantitative estimate of drug-likeness (QED) is 0.262. The zero-order valence-electron chi connectivity index (χ0n) is 20.1. The first-order valence-electron chi connectivity index (χ1n) is 11.7. The van der Waals surface area contributed by atoms with Crippen LogP contribution >= 0.6 is 11.6 Å². The lowest BCUT2D eigenvalue weighted by atomic mass is 10.1. The van der Waals surface area contributed by atoms with E-state index in [1.165, 1.54) is 12.1 Å². The van der Waals surface area contributed by atoms with E-state index in [4.69, 9.17) is 21.4 Å². The summed E-state index contributed by atoms with van der Waals surface area (Å²) >= 11 is 6.37. The first-order valence-corrected chi connectivity index (χ1v) is 12.1. The molecule has 188 valence electrons. The minimum absolute atomic E-state index is 0.0347. The number of carbonyl (C=O) groups excluding carboxylic acids is 1. The van der Waals surface area contributed by atoms with Gasteiger partial charge in [0.25, 0.3) is 11.6 Å². The van der Waals surface area contributed by atoms with Crippen LogP contribution in [0.5, 0.6) is 5.75 Å². The van der Waals surface area contributed by atoms with Gasteiger partial charge in [-0.15, -0.1) is 0 Å². The number of methoxy groups -OCH3 is 1. The fourth-order valence-electron chi connectivity index (χ4n) is 4.39. The number of para-hydroxylation sites is 1. The van der Waals surface area contributed by atoms with Crippen molar-refractivity contribution in [2.75, 3.05) is 38.2 Å². The maximum Gasteiger partial charge on any atom is 0.272 e. The number of nitro groups is 1. The summed E-state index contributed by atoms with van der Waals surface area (Å²) in [5.74, 6) is 0.504. The number of hydrogen-bond donors (Lipinski definition) is 0. The highest BCUT2D eigenvalue weighted by Crippen LogP contribution is 2.29. The zero-order chi connectivity index (χ0) is 25.9. The monoisotopic (exact) mass is 517 g/mol. The van der Waals surface area contributed by atoms with Gasteiger partial charge in [-0.25, -0.2) is 4.68 Å². The number of nitrogens with zero attached hydrogens (tertiary/aromatic N) is 5. The van der Waals surface area contributed by atoms with E-state index in [-0.39, 0.29) is 11.6 Å². The van der Waals surface area contributed by atoms with Gasteiger partial charge < -0.3 is 14.5 Å². The van der Waals surface area contributed by atoms with Gasteiger partial charge in [-0.2, -0.15) is 5.10 Å². The molecule has 10 heteroatoms.